The molecule has 154 valence electrons. The smallest absolute Gasteiger partial charge is 0.338 e. The van der Waals surface area contributed by atoms with Gasteiger partial charge in [0.05, 0.1) is 27.9 Å². The van der Waals surface area contributed by atoms with Crippen LogP contribution in [0.2, 0.25) is 5.02 Å². The number of rotatable bonds is 4. The maximum atomic E-state index is 13.4. The summed E-state index contributed by atoms with van der Waals surface area (Å²) < 4.78 is 7.63. The number of thiophene rings is 1. The van der Waals surface area contributed by atoms with Crippen molar-refractivity contribution in [2.45, 2.75) is 32.9 Å². The molecule has 0 fully saturated rings. The number of carbonyl (C=O) groups is 1. The monoisotopic (exact) mass is 458 g/mol. The highest BCUT2D eigenvalue weighted by atomic mass is 35.5. The van der Waals surface area contributed by atoms with Crippen molar-refractivity contribution in [3.05, 3.63) is 88.2 Å². The van der Waals surface area contributed by atoms with Crippen molar-refractivity contribution in [1.29, 1.82) is 0 Å². The number of nitrogens with zero attached hydrogens (tertiary/aromatic N) is 2. The molecule has 2 aromatic heterocycles. The minimum atomic E-state index is -0.630. The van der Waals surface area contributed by atoms with E-state index in [2.05, 4.69) is 4.99 Å². The van der Waals surface area contributed by atoms with Crippen molar-refractivity contribution in [3.63, 3.8) is 0 Å². The molecule has 1 aliphatic heterocycles. The van der Waals surface area contributed by atoms with Crippen LogP contribution in [0.25, 0.3) is 6.08 Å². The Bertz CT molecular complexity index is 1300. The maximum absolute atomic E-state index is 13.4. The Hall–Kier alpha value is -2.48. The fourth-order valence-corrected chi connectivity index (χ4v) is 5.12. The SMILES string of the molecule is CC1=C(C(=O)OC(C)C)C(c2ccc(Cl)cc2)n2c(sc(=Cc3ccsc3)c2=O)=N1. The zero-order valence-corrected chi connectivity index (χ0v) is 19.0. The van der Waals surface area contributed by atoms with Gasteiger partial charge in [0.2, 0.25) is 0 Å². The summed E-state index contributed by atoms with van der Waals surface area (Å²) in [5.74, 6) is -0.474. The molecule has 0 amide bonds. The van der Waals surface area contributed by atoms with Crippen LogP contribution in [0.3, 0.4) is 0 Å². The molecule has 3 aromatic rings. The summed E-state index contributed by atoms with van der Waals surface area (Å²) in [6.07, 6.45) is 1.57. The average Bonchev–Trinajstić information content (AvgIpc) is 3.29. The van der Waals surface area contributed by atoms with Crippen LogP contribution in [0, 0.1) is 0 Å². The Morgan fingerprint density at radius 2 is 2.00 bits per heavy atom. The highest BCUT2D eigenvalue weighted by Crippen LogP contribution is 2.31. The number of benzene rings is 1. The van der Waals surface area contributed by atoms with E-state index in [1.807, 2.05) is 35.0 Å². The Kier molecular flexibility index (Phi) is 5.77. The van der Waals surface area contributed by atoms with Gasteiger partial charge in [-0.2, -0.15) is 11.3 Å². The Morgan fingerprint density at radius 1 is 1.27 bits per heavy atom. The molecule has 1 unspecified atom stereocenters. The number of carbonyl (C=O) groups excluding carboxylic acids is 1. The summed E-state index contributed by atoms with van der Waals surface area (Å²) in [6, 6.07) is 8.47. The van der Waals surface area contributed by atoms with Crippen LogP contribution in [0.1, 0.15) is 37.9 Å². The van der Waals surface area contributed by atoms with E-state index in [4.69, 9.17) is 16.3 Å². The molecule has 0 radical (unpaired) electrons. The molecule has 0 spiro atoms. The zero-order valence-electron chi connectivity index (χ0n) is 16.6. The van der Waals surface area contributed by atoms with Gasteiger partial charge in [0.1, 0.15) is 0 Å². The van der Waals surface area contributed by atoms with Crippen LogP contribution in [0.15, 0.2) is 62.1 Å². The second-order valence-electron chi connectivity index (χ2n) is 7.14. The first-order valence-corrected chi connectivity index (χ1v) is 11.5. The van der Waals surface area contributed by atoms with E-state index >= 15 is 0 Å². The van der Waals surface area contributed by atoms with E-state index < -0.39 is 12.0 Å². The van der Waals surface area contributed by atoms with E-state index in [0.717, 1.165) is 11.1 Å². The van der Waals surface area contributed by atoms with Gasteiger partial charge < -0.3 is 4.74 Å². The molecule has 1 aromatic carbocycles. The standard InChI is InChI=1S/C22H19ClN2O3S2/c1-12(2)28-21(27)18-13(3)24-22-25(19(18)15-4-6-16(23)7-5-15)20(26)17(30-22)10-14-8-9-29-11-14/h4-12,19H,1-3H3. The number of halogens is 1. The lowest BCUT2D eigenvalue weighted by atomic mass is 9.96. The van der Waals surface area contributed by atoms with E-state index in [0.29, 0.717) is 25.6 Å². The number of thiazole rings is 1. The molecule has 4 rings (SSSR count). The first-order chi connectivity index (χ1) is 14.3. The second-order valence-corrected chi connectivity index (χ2v) is 9.37. The average molecular weight is 459 g/mol. The predicted octanol–water partition coefficient (Wildman–Crippen LogP) is 3.90. The van der Waals surface area contributed by atoms with Crippen molar-refractivity contribution in [1.82, 2.24) is 4.57 Å². The van der Waals surface area contributed by atoms with Gasteiger partial charge in [-0.25, -0.2) is 9.79 Å². The number of esters is 1. The van der Waals surface area contributed by atoms with Gasteiger partial charge in [-0.1, -0.05) is 35.1 Å². The van der Waals surface area contributed by atoms with Crippen molar-refractivity contribution in [2.24, 2.45) is 4.99 Å². The van der Waals surface area contributed by atoms with E-state index in [9.17, 15) is 9.59 Å². The van der Waals surface area contributed by atoms with Gasteiger partial charge in [-0.15, -0.1) is 0 Å². The first kappa shape index (κ1) is 20.8. The summed E-state index contributed by atoms with van der Waals surface area (Å²) >= 11 is 8.95. The molecule has 0 saturated carbocycles. The summed E-state index contributed by atoms with van der Waals surface area (Å²) in [5.41, 5.74) is 2.45. The number of fused-ring (bicyclic) bond motifs is 1. The number of hydrogen-bond acceptors (Lipinski definition) is 6. The molecule has 1 aliphatic rings. The summed E-state index contributed by atoms with van der Waals surface area (Å²) in [4.78, 5) is 31.5. The van der Waals surface area contributed by atoms with Gasteiger partial charge >= 0.3 is 5.97 Å². The predicted molar refractivity (Wildman–Crippen MR) is 121 cm³/mol. The van der Waals surface area contributed by atoms with Crippen LogP contribution in [0.5, 0.6) is 0 Å². The summed E-state index contributed by atoms with van der Waals surface area (Å²) in [5, 5.41) is 4.52. The molecule has 0 saturated heterocycles. The normalized spacial score (nSPS) is 16.6. The van der Waals surface area contributed by atoms with E-state index in [-0.39, 0.29) is 11.7 Å². The molecular weight excluding hydrogens is 440 g/mol. The maximum Gasteiger partial charge on any atom is 0.338 e. The topological polar surface area (TPSA) is 60.7 Å². The third-order valence-corrected chi connectivity index (χ3v) is 6.55. The molecule has 5 nitrogen and oxygen atoms in total. The quantitative estimate of drug-likeness (QED) is 0.557. The van der Waals surface area contributed by atoms with Crippen LogP contribution in [-0.2, 0) is 9.53 Å². The minimum Gasteiger partial charge on any atom is -0.459 e. The van der Waals surface area contributed by atoms with Crippen LogP contribution < -0.4 is 14.9 Å². The van der Waals surface area contributed by atoms with Gasteiger partial charge in [0.15, 0.2) is 4.80 Å². The third kappa shape index (κ3) is 3.93. The lowest BCUT2D eigenvalue weighted by molar-refractivity contribution is -0.143. The number of allylic oxidation sites excluding steroid dienone is 1. The van der Waals surface area contributed by atoms with Crippen molar-refractivity contribution in [3.8, 4) is 0 Å². The zero-order chi connectivity index (χ0) is 21.4. The third-order valence-electron chi connectivity index (χ3n) is 4.61. The number of ether oxygens (including phenoxy) is 1. The minimum absolute atomic E-state index is 0.188. The highest BCUT2D eigenvalue weighted by molar-refractivity contribution is 7.08. The lowest BCUT2D eigenvalue weighted by Crippen LogP contribution is -2.40. The molecule has 30 heavy (non-hydrogen) atoms. The number of aromatic nitrogens is 1. The molecule has 0 aliphatic carbocycles. The number of hydrogen-bond donors (Lipinski definition) is 0. The fraction of sp³-hybridized carbons (Fsp3) is 0.227. The molecule has 1 atom stereocenters. The van der Waals surface area contributed by atoms with Gasteiger partial charge in [0, 0.05) is 5.02 Å². The Morgan fingerprint density at radius 3 is 2.63 bits per heavy atom. The lowest BCUT2D eigenvalue weighted by Gasteiger charge is -2.25. The molecule has 0 bridgehead atoms. The van der Waals surface area contributed by atoms with Gasteiger partial charge in [0.25, 0.3) is 5.56 Å². The highest BCUT2D eigenvalue weighted by Gasteiger charge is 2.33. The summed E-state index contributed by atoms with van der Waals surface area (Å²) in [7, 11) is 0. The van der Waals surface area contributed by atoms with Crippen LogP contribution in [-0.4, -0.2) is 16.6 Å². The Labute approximate surface area is 186 Å². The van der Waals surface area contributed by atoms with Crippen molar-refractivity contribution in [2.75, 3.05) is 0 Å². The molecule has 3 heterocycles. The van der Waals surface area contributed by atoms with Crippen LogP contribution >= 0.6 is 34.3 Å². The summed E-state index contributed by atoms with van der Waals surface area (Å²) in [6.45, 7) is 5.36. The molecule has 8 heteroatoms. The molecule has 0 N–H and O–H groups in total. The van der Waals surface area contributed by atoms with Gasteiger partial charge in [-0.3, -0.25) is 9.36 Å². The second kappa shape index (κ2) is 8.34. The molecular formula is C22H19ClN2O3S2. The van der Waals surface area contributed by atoms with Gasteiger partial charge in [-0.05, 0) is 66.9 Å². The van der Waals surface area contributed by atoms with E-state index in [1.165, 1.54) is 11.3 Å². The van der Waals surface area contributed by atoms with Crippen LogP contribution in [0.4, 0.5) is 0 Å². The first-order valence-electron chi connectivity index (χ1n) is 9.36. The van der Waals surface area contributed by atoms with Crippen molar-refractivity contribution >= 4 is 46.3 Å². The largest absolute Gasteiger partial charge is 0.459 e. The fourth-order valence-electron chi connectivity index (χ4n) is 3.33. The van der Waals surface area contributed by atoms with Crippen molar-refractivity contribution < 1.29 is 9.53 Å². The van der Waals surface area contributed by atoms with E-state index in [1.54, 1.807) is 48.8 Å². The Balaban J connectivity index is 1.95.